The van der Waals surface area contributed by atoms with Gasteiger partial charge in [0.2, 0.25) is 0 Å². The molecule has 0 nitrogen and oxygen atoms in total. The normalized spacial score (nSPS) is 11.3. The van der Waals surface area contributed by atoms with Crippen LogP contribution in [-0.4, -0.2) is 0 Å². The van der Waals surface area contributed by atoms with Crippen molar-refractivity contribution in [3.05, 3.63) is 145 Å². The van der Waals surface area contributed by atoms with Gasteiger partial charge in [-0.15, -0.1) is 0 Å². The van der Waals surface area contributed by atoms with Gasteiger partial charge in [0.15, 0.2) is 0 Å². The van der Waals surface area contributed by atoms with E-state index >= 15 is 0 Å². The maximum atomic E-state index is 13.8. The molecule has 0 aliphatic carbocycles. The topological polar surface area (TPSA) is 0 Å². The zero-order valence-electron chi connectivity index (χ0n) is 19.0. The van der Waals surface area contributed by atoms with E-state index in [0.717, 1.165) is 31.8 Å². The summed E-state index contributed by atoms with van der Waals surface area (Å²) in [6.07, 6.45) is 0. The van der Waals surface area contributed by atoms with Gasteiger partial charge in [0.25, 0.3) is 0 Å². The van der Waals surface area contributed by atoms with Gasteiger partial charge in [-0.05, 0) is 96.2 Å². The van der Waals surface area contributed by atoms with Crippen LogP contribution >= 0.6 is 15.8 Å². The van der Waals surface area contributed by atoms with Crippen LogP contribution in [0.3, 0.4) is 0 Å². The maximum Gasteiger partial charge on any atom is 0.123 e. The first-order valence-electron chi connectivity index (χ1n) is 11.2. The molecule has 0 saturated carbocycles. The lowest BCUT2D eigenvalue weighted by Crippen LogP contribution is -2.34. The Morgan fingerprint density at radius 3 is 0.750 bits per heavy atom. The minimum Gasteiger partial charge on any atom is -0.207 e. The predicted molar refractivity (Wildman–Crippen MR) is 144 cm³/mol. The largest absolute Gasteiger partial charge is 0.207 e. The molecule has 0 unspecified atom stereocenters. The molecule has 36 heavy (non-hydrogen) atoms. The summed E-state index contributed by atoms with van der Waals surface area (Å²) in [6, 6.07) is 33.5. The molecule has 0 aromatic heterocycles. The SMILES string of the molecule is Fc1ccc(P(c2ccc(F)cc2)c2ccccc2P(c2ccc(F)cc2)c2ccc(F)cc2)cc1. The Hall–Kier alpha value is -3.32. The average molecular weight is 518 g/mol. The molecule has 0 spiro atoms. The standard InChI is InChI=1S/C30H20F4P2/c31-21-5-13-25(14-6-21)35(26-15-7-22(32)8-16-26)29-3-1-2-4-30(29)36(27-17-9-23(33)10-18-27)28-19-11-24(34)12-20-28/h1-20H. The first kappa shape index (κ1) is 24.4. The Morgan fingerprint density at radius 2 is 0.528 bits per heavy atom. The molecule has 0 amide bonds. The highest BCUT2D eigenvalue weighted by Gasteiger charge is 2.26. The fraction of sp³-hybridized carbons (Fsp3) is 0. The maximum absolute atomic E-state index is 13.8. The zero-order chi connectivity index (χ0) is 25.1. The molecule has 178 valence electrons. The van der Waals surface area contributed by atoms with Crippen LogP contribution in [0.2, 0.25) is 0 Å². The summed E-state index contributed by atoms with van der Waals surface area (Å²) in [5.74, 6) is -1.33. The van der Waals surface area contributed by atoms with Crippen LogP contribution < -0.4 is 31.8 Å². The van der Waals surface area contributed by atoms with Gasteiger partial charge >= 0.3 is 0 Å². The number of hydrogen-bond acceptors (Lipinski definition) is 0. The van der Waals surface area contributed by atoms with Gasteiger partial charge in [-0.2, -0.15) is 0 Å². The summed E-state index contributed by atoms with van der Waals surface area (Å²) in [5.41, 5.74) is 0. The molecule has 5 aromatic rings. The molecule has 0 bridgehead atoms. The summed E-state index contributed by atoms with van der Waals surface area (Å²) >= 11 is 0. The van der Waals surface area contributed by atoms with Crippen molar-refractivity contribution in [2.75, 3.05) is 0 Å². The molecule has 0 saturated heterocycles. The van der Waals surface area contributed by atoms with Gasteiger partial charge in [0.05, 0.1) is 0 Å². The fourth-order valence-electron chi connectivity index (χ4n) is 4.06. The van der Waals surface area contributed by atoms with Crippen LogP contribution in [0.5, 0.6) is 0 Å². The highest BCUT2D eigenvalue weighted by molar-refractivity contribution is 7.85. The van der Waals surface area contributed by atoms with Gasteiger partial charge in [-0.3, -0.25) is 0 Å². The Bertz CT molecular complexity index is 1240. The molecule has 6 heteroatoms. The van der Waals surface area contributed by atoms with Gasteiger partial charge in [-0.1, -0.05) is 72.8 Å². The summed E-state index contributed by atoms with van der Waals surface area (Å²) < 4.78 is 55.3. The molecule has 0 aliphatic heterocycles. The van der Waals surface area contributed by atoms with Gasteiger partial charge in [0, 0.05) is 0 Å². The summed E-state index contributed by atoms with van der Waals surface area (Å²) in [4.78, 5) is 0. The highest BCUT2D eigenvalue weighted by Crippen LogP contribution is 2.39. The van der Waals surface area contributed by atoms with E-state index in [9.17, 15) is 17.6 Å². The zero-order valence-corrected chi connectivity index (χ0v) is 20.7. The third-order valence-electron chi connectivity index (χ3n) is 5.70. The molecule has 5 rings (SSSR count). The smallest absolute Gasteiger partial charge is 0.123 e. The molecule has 0 aliphatic rings. The van der Waals surface area contributed by atoms with Crippen molar-refractivity contribution in [1.29, 1.82) is 0 Å². The fourth-order valence-corrected chi connectivity index (χ4v) is 9.23. The first-order valence-corrected chi connectivity index (χ1v) is 13.9. The Kier molecular flexibility index (Phi) is 7.28. The van der Waals surface area contributed by atoms with E-state index in [2.05, 4.69) is 0 Å². The lowest BCUT2D eigenvalue weighted by Gasteiger charge is -2.27. The molecule has 0 radical (unpaired) electrons. The predicted octanol–water partition coefficient (Wildman–Crippen LogP) is 5.76. The lowest BCUT2D eigenvalue weighted by atomic mass is 10.3. The van der Waals surface area contributed by atoms with E-state index in [4.69, 9.17) is 0 Å². The molecular formula is C30H20F4P2. The number of halogens is 4. The number of benzene rings is 5. The Labute approximate surface area is 209 Å². The summed E-state index contributed by atoms with van der Waals surface area (Å²) in [6.45, 7) is 0. The molecule has 0 heterocycles. The van der Waals surface area contributed by atoms with Crippen LogP contribution in [0.25, 0.3) is 0 Å². The third kappa shape index (κ3) is 5.26. The van der Waals surface area contributed by atoms with Crippen LogP contribution in [0.1, 0.15) is 0 Å². The van der Waals surface area contributed by atoms with Crippen LogP contribution in [-0.2, 0) is 0 Å². The minimum absolute atomic E-state index is 0.332. The van der Waals surface area contributed by atoms with E-state index < -0.39 is 15.8 Å². The van der Waals surface area contributed by atoms with Crippen molar-refractivity contribution in [3.63, 3.8) is 0 Å². The molecular weight excluding hydrogens is 498 g/mol. The van der Waals surface area contributed by atoms with E-state index in [-0.39, 0.29) is 23.3 Å². The molecule has 0 N–H and O–H groups in total. The quantitative estimate of drug-likeness (QED) is 0.198. The second-order valence-electron chi connectivity index (χ2n) is 8.07. The van der Waals surface area contributed by atoms with Crippen LogP contribution in [0, 0.1) is 23.3 Å². The van der Waals surface area contributed by atoms with E-state index in [1.165, 1.54) is 48.5 Å². The summed E-state index contributed by atoms with van der Waals surface area (Å²) in [7, 11) is -2.36. The Morgan fingerprint density at radius 1 is 0.306 bits per heavy atom. The van der Waals surface area contributed by atoms with Crippen molar-refractivity contribution in [1.82, 2.24) is 0 Å². The molecule has 0 atom stereocenters. The first-order chi connectivity index (χ1) is 17.5. The average Bonchev–Trinajstić information content (AvgIpc) is 2.90. The third-order valence-corrected chi connectivity index (χ3v) is 10.9. The number of hydrogen-bond donors (Lipinski definition) is 0. The van der Waals surface area contributed by atoms with Crippen molar-refractivity contribution in [2.24, 2.45) is 0 Å². The molecule has 0 fully saturated rings. The monoisotopic (exact) mass is 518 g/mol. The second-order valence-corrected chi connectivity index (χ2v) is 12.4. The van der Waals surface area contributed by atoms with Gasteiger partial charge < -0.3 is 0 Å². The Balaban J connectivity index is 1.74. The van der Waals surface area contributed by atoms with E-state index in [1.54, 1.807) is 48.5 Å². The van der Waals surface area contributed by atoms with E-state index in [0.29, 0.717) is 0 Å². The minimum atomic E-state index is -1.18. The van der Waals surface area contributed by atoms with E-state index in [1.807, 2.05) is 24.3 Å². The van der Waals surface area contributed by atoms with Crippen LogP contribution in [0.15, 0.2) is 121 Å². The number of rotatable bonds is 6. The van der Waals surface area contributed by atoms with Crippen molar-refractivity contribution in [2.45, 2.75) is 0 Å². The summed E-state index contributed by atoms with van der Waals surface area (Å²) in [5, 5.41) is 5.70. The van der Waals surface area contributed by atoms with Crippen LogP contribution in [0.4, 0.5) is 17.6 Å². The van der Waals surface area contributed by atoms with Crippen molar-refractivity contribution in [3.8, 4) is 0 Å². The molecule has 5 aromatic carbocycles. The van der Waals surface area contributed by atoms with Crippen molar-refractivity contribution >= 4 is 47.7 Å². The highest BCUT2D eigenvalue weighted by atomic mass is 31.1. The van der Waals surface area contributed by atoms with Crippen molar-refractivity contribution < 1.29 is 17.6 Å². The lowest BCUT2D eigenvalue weighted by molar-refractivity contribution is 0.628. The second kappa shape index (κ2) is 10.7. The van der Waals surface area contributed by atoms with Gasteiger partial charge in [0.1, 0.15) is 23.3 Å². The van der Waals surface area contributed by atoms with Gasteiger partial charge in [-0.25, -0.2) is 17.6 Å².